The Bertz CT molecular complexity index is 1140. The zero-order valence-electron chi connectivity index (χ0n) is 20.7. The highest BCUT2D eigenvalue weighted by atomic mass is 35.5. The molecule has 0 radical (unpaired) electrons. The summed E-state index contributed by atoms with van der Waals surface area (Å²) in [5.74, 6) is -0.792. The zero-order chi connectivity index (χ0) is 26.3. The van der Waals surface area contributed by atoms with Crippen LogP contribution in [0, 0.1) is 6.92 Å². The van der Waals surface area contributed by atoms with E-state index in [0.29, 0.717) is 22.0 Å². The average molecular weight is 543 g/mol. The number of hydrogen-bond donors (Lipinski definition) is 1. The topological polar surface area (TPSA) is 86.8 Å². The predicted octanol–water partition coefficient (Wildman–Crippen LogP) is 4.64. The fraction of sp³-hybridized carbons (Fsp3) is 0.440. The van der Waals surface area contributed by atoms with Gasteiger partial charge in [-0.15, -0.1) is 0 Å². The van der Waals surface area contributed by atoms with Gasteiger partial charge in [0.15, 0.2) is 0 Å². The summed E-state index contributed by atoms with van der Waals surface area (Å²) < 4.78 is 27.1. The summed E-state index contributed by atoms with van der Waals surface area (Å²) in [5, 5.41) is 3.63. The Hall–Kier alpha value is -2.13. The average Bonchev–Trinajstić information content (AvgIpc) is 2.81. The van der Waals surface area contributed by atoms with E-state index in [0.717, 1.165) is 16.3 Å². The minimum Gasteiger partial charge on any atom is -0.352 e. The summed E-state index contributed by atoms with van der Waals surface area (Å²) in [7, 11) is -2.55. The quantitative estimate of drug-likeness (QED) is 0.448. The molecule has 0 aliphatic carbocycles. The molecule has 0 bridgehead atoms. The van der Waals surface area contributed by atoms with Crippen LogP contribution in [0.25, 0.3) is 0 Å². The summed E-state index contributed by atoms with van der Waals surface area (Å²) >= 11 is 12.2. The van der Waals surface area contributed by atoms with Gasteiger partial charge in [-0.2, -0.15) is 4.31 Å². The Morgan fingerprint density at radius 3 is 2.17 bits per heavy atom. The molecule has 2 aromatic carbocycles. The van der Waals surface area contributed by atoms with Crippen molar-refractivity contribution in [2.75, 3.05) is 13.6 Å². The third kappa shape index (κ3) is 7.67. The van der Waals surface area contributed by atoms with Gasteiger partial charge in [-0.05, 0) is 56.5 Å². The first-order valence-corrected chi connectivity index (χ1v) is 13.7. The third-order valence-corrected chi connectivity index (χ3v) is 8.37. The first-order valence-electron chi connectivity index (χ1n) is 11.5. The molecule has 1 N–H and O–H groups in total. The van der Waals surface area contributed by atoms with E-state index in [2.05, 4.69) is 5.32 Å². The number of halogens is 2. The molecule has 2 atom stereocenters. The number of nitrogens with zero attached hydrogens (tertiary/aromatic N) is 2. The molecule has 0 spiro atoms. The van der Waals surface area contributed by atoms with Gasteiger partial charge in [0.05, 0.1) is 21.5 Å². The van der Waals surface area contributed by atoms with E-state index in [4.69, 9.17) is 23.2 Å². The standard InChI is InChI=1S/C25H33Cl2N3O4S/c1-6-18(4)28-25(32)23(7-2)30(15-19-10-13-21(26)22(27)14-19)24(31)16-29(5)35(33,34)20-11-8-17(3)9-12-20/h8-14,18,23H,6-7,15-16H2,1-5H3,(H,28,32)/t18-,23+/m1/s1. The summed E-state index contributed by atoms with van der Waals surface area (Å²) in [6.45, 7) is 7.15. The van der Waals surface area contributed by atoms with Crippen LogP contribution in [0.4, 0.5) is 0 Å². The summed E-state index contributed by atoms with van der Waals surface area (Å²) in [6.07, 6.45) is 1.09. The lowest BCUT2D eigenvalue weighted by Crippen LogP contribution is -2.53. The molecular formula is C25H33Cl2N3O4S. The van der Waals surface area contributed by atoms with Crippen molar-refractivity contribution in [3.8, 4) is 0 Å². The molecule has 2 aromatic rings. The minimum absolute atomic E-state index is 0.0666. The van der Waals surface area contributed by atoms with Gasteiger partial charge in [-0.25, -0.2) is 8.42 Å². The molecule has 7 nitrogen and oxygen atoms in total. The second-order valence-corrected chi connectivity index (χ2v) is 11.4. The lowest BCUT2D eigenvalue weighted by atomic mass is 10.1. The summed E-state index contributed by atoms with van der Waals surface area (Å²) in [5.41, 5.74) is 1.60. The number of benzene rings is 2. The molecule has 35 heavy (non-hydrogen) atoms. The van der Waals surface area contributed by atoms with E-state index in [1.807, 2.05) is 27.7 Å². The van der Waals surface area contributed by atoms with Gasteiger partial charge in [0, 0.05) is 19.6 Å². The molecule has 0 heterocycles. The molecule has 0 fully saturated rings. The number of carbonyl (C=O) groups excluding carboxylic acids is 2. The number of aryl methyl sites for hydroxylation is 1. The van der Waals surface area contributed by atoms with Gasteiger partial charge in [0.1, 0.15) is 6.04 Å². The minimum atomic E-state index is -3.90. The number of nitrogens with one attached hydrogen (secondary N) is 1. The van der Waals surface area contributed by atoms with Crippen molar-refractivity contribution >= 4 is 45.0 Å². The number of likely N-dealkylation sites (N-methyl/N-ethyl adjacent to an activating group) is 1. The smallest absolute Gasteiger partial charge is 0.243 e. The van der Waals surface area contributed by atoms with Crippen LogP contribution in [0.5, 0.6) is 0 Å². The highest BCUT2D eigenvalue weighted by molar-refractivity contribution is 7.89. The van der Waals surface area contributed by atoms with Crippen molar-refractivity contribution in [1.82, 2.24) is 14.5 Å². The first kappa shape index (κ1) is 29.1. The van der Waals surface area contributed by atoms with Gasteiger partial charge in [0.25, 0.3) is 0 Å². The Kier molecular flexibility index (Phi) is 10.6. The van der Waals surface area contributed by atoms with Crippen LogP contribution in [0.3, 0.4) is 0 Å². The molecule has 0 saturated heterocycles. The maximum absolute atomic E-state index is 13.5. The van der Waals surface area contributed by atoms with Gasteiger partial charge in [-0.3, -0.25) is 9.59 Å². The van der Waals surface area contributed by atoms with Crippen LogP contribution in [-0.4, -0.2) is 55.1 Å². The fourth-order valence-electron chi connectivity index (χ4n) is 3.45. The van der Waals surface area contributed by atoms with Crippen LogP contribution in [0.1, 0.15) is 44.7 Å². The van der Waals surface area contributed by atoms with E-state index in [1.165, 1.54) is 24.1 Å². The molecule has 0 aromatic heterocycles. The first-order chi connectivity index (χ1) is 16.4. The molecule has 0 aliphatic heterocycles. The maximum atomic E-state index is 13.5. The Balaban J connectivity index is 2.35. The van der Waals surface area contributed by atoms with Crippen molar-refractivity contribution in [2.45, 2.75) is 64.1 Å². The fourth-order valence-corrected chi connectivity index (χ4v) is 4.89. The number of hydrogen-bond acceptors (Lipinski definition) is 4. The molecule has 0 aliphatic rings. The number of rotatable bonds is 11. The Labute approximate surface area is 218 Å². The second kappa shape index (κ2) is 12.7. The lowest BCUT2D eigenvalue weighted by Gasteiger charge is -2.32. The van der Waals surface area contributed by atoms with E-state index in [1.54, 1.807) is 30.3 Å². The van der Waals surface area contributed by atoms with Gasteiger partial charge in [-0.1, -0.05) is 60.8 Å². The molecule has 0 unspecified atom stereocenters. The van der Waals surface area contributed by atoms with Gasteiger partial charge in [0.2, 0.25) is 21.8 Å². The van der Waals surface area contributed by atoms with Crippen LogP contribution in [0.15, 0.2) is 47.4 Å². The Morgan fingerprint density at radius 2 is 1.63 bits per heavy atom. The van der Waals surface area contributed by atoms with E-state index in [9.17, 15) is 18.0 Å². The molecular weight excluding hydrogens is 509 g/mol. The third-order valence-electron chi connectivity index (χ3n) is 5.81. The van der Waals surface area contributed by atoms with Crippen molar-refractivity contribution in [3.63, 3.8) is 0 Å². The monoisotopic (exact) mass is 541 g/mol. The lowest BCUT2D eigenvalue weighted by molar-refractivity contribution is -0.141. The summed E-state index contributed by atoms with van der Waals surface area (Å²) in [6, 6.07) is 10.5. The van der Waals surface area contributed by atoms with Crippen molar-refractivity contribution < 1.29 is 18.0 Å². The van der Waals surface area contributed by atoms with E-state index in [-0.39, 0.29) is 23.4 Å². The molecule has 0 saturated carbocycles. The molecule has 2 amide bonds. The second-order valence-electron chi connectivity index (χ2n) is 8.59. The van der Waals surface area contributed by atoms with Crippen molar-refractivity contribution in [3.05, 3.63) is 63.6 Å². The Morgan fingerprint density at radius 1 is 1.00 bits per heavy atom. The highest BCUT2D eigenvalue weighted by Crippen LogP contribution is 2.24. The van der Waals surface area contributed by atoms with E-state index < -0.39 is 28.5 Å². The molecule has 2 rings (SSSR count). The van der Waals surface area contributed by atoms with Crippen molar-refractivity contribution in [2.24, 2.45) is 0 Å². The SMILES string of the molecule is CC[C@@H](C)NC(=O)[C@H](CC)N(Cc1ccc(Cl)c(Cl)c1)C(=O)CN(C)S(=O)(=O)c1ccc(C)cc1. The zero-order valence-corrected chi connectivity index (χ0v) is 23.0. The van der Waals surface area contributed by atoms with E-state index >= 15 is 0 Å². The van der Waals surface area contributed by atoms with Gasteiger partial charge >= 0.3 is 0 Å². The number of carbonyl (C=O) groups is 2. The van der Waals surface area contributed by atoms with Gasteiger partial charge < -0.3 is 10.2 Å². The summed E-state index contributed by atoms with van der Waals surface area (Å²) in [4.78, 5) is 28.0. The van der Waals surface area contributed by atoms with Crippen molar-refractivity contribution in [1.29, 1.82) is 0 Å². The normalized spacial score (nSPS) is 13.4. The number of sulfonamides is 1. The maximum Gasteiger partial charge on any atom is 0.243 e. The van der Waals surface area contributed by atoms with Crippen LogP contribution < -0.4 is 5.32 Å². The highest BCUT2D eigenvalue weighted by Gasteiger charge is 2.32. The van der Waals surface area contributed by atoms with Crippen LogP contribution in [0.2, 0.25) is 10.0 Å². The number of amides is 2. The largest absolute Gasteiger partial charge is 0.352 e. The van der Waals surface area contributed by atoms with Crippen LogP contribution in [-0.2, 0) is 26.2 Å². The molecule has 10 heteroatoms. The predicted molar refractivity (Wildman–Crippen MR) is 140 cm³/mol. The molecule has 192 valence electrons. The van der Waals surface area contributed by atoms with Crippen LogP contribution >= 0.6 is 23.2 Å².